The Balaban J connectivity index is 0.707. The van der Waals surface area contributed by atoms with Gasteiger partial charge in [-0.15, -0.1) is 0 Å². The molecule has 5 aromatic rings. The predicted molar refractivity (Wildman–Crippen MR) is 258 cm³/mol. The number of nitrogens with one attached hydrogen (secondary N) is 2. The normalized spacial score (nSPS) is 19.6. The van der Waals surface area contributed by atoms with Crippen LogP contribution >= 0.6 is 11.6 Å². The van der Waals surface area contributed by atoms with E-state index in [2.05, 4.69) is 50.3 Å². The summed E-state index contributed by atoms with van der Waals surface area (Å²) in [5.74, 6) is 1.34. The van der Waals surface area contributed by atoms with Crippen molar-refractivity contribution in [1.29, 1.82) is 0 Å². The number of fused-ring (bicyclic) bond motifs is 1. The standard InChI is InChI=1S/C48H63ClF2N12O5/c1-31(2)63-39-24-32(23-37(51)45(39)57-46(63)48(3,4)66)44-36(49)27-52-47(58-44)56-38-10-13-62(29-40(38)64)43(65)11-19-67-21-22-68-20-18-59-14-16-60(17-15-59)42-26-41(53-30-54-42)55-34-8-6-12-61(28-34)35-9-5-7-33(50)25-35/h5,7,9,23-27,30-31,34,38,40,64,66H,6,8,10-22,28-29H2,1-4H3,(H,52,56,58)(H,53,54,55)/t34-,38-,40-/m1/s1. The molecule has 4 N–H and O–H groups in total. The molecule has 1 amide bonds. The monoisotopic (exact) mass is 960 g/mol. The number of piperidine rings is 2. The van der Waals surface area contributed by atoms with E-state index in [1.54, 1.807) is 47.8 Å². The zero-order valence-electron chi connectivity index (χ0n) is 39.3. The first-order chi connectivity index (χ1) is 32.7. The molecular weight excluding hydrogens is 898 g/mol. The van der Waals surface area contributed by atoms with Gasteiger partial charge in [0.1, 0.15) is 40.7 Å². The number of aliphatic hydroxyl groups is 2. The van der Waals surface area contributed by atoms with Gasteiger partial charge < -0.3 is 49.6 Å². The molecule has 17 nitrogen and oxygen atoms in total. The number of β-amino-alcohol motifs (C(OH)–C–C–N with tert-alkyl or cyclic N) is 1. The Labute approximate surface area is 400 Å². The SMILES string of the molecule is CC(C)n1c(C(C)(C)O)nc2c(F)cc(-c3nc(N[C@@H]4CCN(C(=O)CCOCCOCCN5CCN(c6cc(N[C@@H]7CCCN(c8cccc(F)c8)C7)ncn6)CC5)C[C@H]4O)ncc3Cl)cc21. The summed E-state index contributed by atoms with van der Waals surface area (Å²) in [4.78, 5) is 44.0. The smallest absolute Gasteiger partial charge is 0.224 e. The van der Waals surface area contributed by atoms with Gasteiger partial charge in [-0.25, -0.2) is 33.7 Å². The number of aliphatic hydroxyl groups excluding tert-OH is 1. The number of piperazine rings is 1. The van der Waals surface area contributed by atoms with Crippen LogP contribution in [0.4, 0.5) is 32.1 Å². The third-order valence-corrected chi connectivity index (χ3v) is 13.0. The first-order valence-electron chi connectivity index (χ1n) is 23.6. The summed E-state index contributed by atoms with van der Waals surface area (Å²) in [6.45, 7) is 15.2. The highest BCUT2D eigenvalue weighted by molar-refractivity contribution is 6.33. The number of halogens is 3. The molecule has 0 spiro atoms. The molecule has 3 atom stereocenters. The van der Waals surface area contributed by atoms with Gasteiger partial charge in [-0.1, -0.05) is 17.7 Å². The van der Waals surface area contributed by atoms with Crippen molar-refractivity contribution in [2.75, 3.05) is 106 Å². The lowest BCUT2D eigenvalue weighted by atomic mass is 10.0. The number of carbonyl (C=O) groups excluding carboxylic acids is 1. The van der Waals surface area contributed by atoms with E-state index in [-0.39, 0.29) is 59.9 Å². The van der Waals surface area contributed by atoms with E-state index in [0.717, 1.165) is 76.0 Å². The Kier molecular flexibility index (Phi) is 15.9. The number of carbonyl (C=O) groups is 1. The van der Waals surface area contributed by atoms with Gasteiger partial charge in [-0.05, 0) is 77.3 Å². The zero-order chi connectivity index (χ0) is 48.0. The number of anilines is 4. The largest absolute Gasteiger partial charge is 0.389 e. The molecule has 3 aromatic heterocycles. The van der Waals surface area contributed by atoms with Gasteiger partial charge >= 0.3 is 0 Å². The van der Waals surface area contributed by atoms with Crippen molar-refractivity contribution >= 4 is 51.8 Å². The van der Waals surface area contributed by atoms with Crippen molar-refractivity contribution in [1.82, 2.24) is 39.3 Å². The second-order valence-corrected chi connectivity index (χ2v) is 19.0. The minimum absolute atomic E-state index is 0.106. The maximum Gasteiger partial charge on any atom is 0.224 e. The van der Waals surface area contributed by atoms with E-state index < -0.39 is 23.6 Å². The van der Waals surface area contributed by atoms with Crippen molar-refractivity contribution < 1.29 is 33.3 Å². The predicted octanol–water partition coefficient (Wildman–Crippen LogP) is 5.72. The molecular formula is C48H63ClF2N12O5. The molecule has 3 aliphatic heterocycles. The molecule has 6 heterocycles. The summed E-state index contributed by atoms with van der Waals surface area (Å²) in [7, 11) is 0. The van der Waals surface area contributed by atoms with E-state index >= 15 is 4.39 Å². The van der Waals surface area contributed by atoms with Gasteiger partial charge in [-0.2, -0.15) is 0 Å². The average Bonchev–Trinajstić information content (AvgIpc) is 3.73. The topological polar surface area (TPSA) is 182 Å². The summed E-state index contributed by atoms with van der Waals surface area (Å²) in [5.41, 5.74) is 0.944. The molecule has 68 heavy (non-hydrogen) atoms. The third kappa shape index (κ3) is 12.1. The van der Waals surface area contributed by atoms with Crippen LogP contribution in [-0.2, 0) is 19.9 Å². The number of rotatable bonds is 18. The molecule has 0 bridgehead atoms. The summed E-state index contributed by atoms with van der Waals surface area (Å²) in [6, 6.07) is 11.5. The molecule has 2 aromatic carbocycles. The van der Waals surface area contributed by atoms with E-state index in [1.807, 2.05) is 26.0 Å². The summed E-state index contributed by atoms with van der Waals surface area (Å²) < 4.78 is 42.7. The second-order valence-electron chi connectivity index (χ2n) is 18.6. The van der Waals surface area contributed by atoms with Gasteiger partial charge in [0.2, 0.25) is 11.9 Å². The minimum Gasteiger partial charge on any atom is -0.389 e. The Morgan fingerprint density at radius 3 is 2.46 bits per heavy atom. The van der Waals surface area contributed by atoms with Crippen LogP contribution in [0, 0.1) is 11.6 Å². The number of hydrogen-bond acceptors (Lipinski definition) is 15. The van der Waals surface area contributed by atoms with Crippen LogP contribution in [0.5, 0.6) is 0 Å². The number of likely N-dealkylation sites (tertiary alicyclic amines) is 1. The maximum atomic E-state index is 15.5. The molecule has 20 heteroatoms. The van der Waals surface area contributed by atoms with Crippen LogP contribution in [0.1, 0.15) is 65.2 Å². The lowest BCUT2D eigenvalue weighted by molar-refractivity contribution is -0.135. The molecule has 0 aliphatic carbocycles. The second kappa shape index (κ2) is 22.0. The molecule has 366 valence electrons. The maximum absolute atomic E-state index is 15.5. The molecule has 8 rings (SSSR count). The van der Waals surface area contributed by atoms with Crippen LogP contribution in [0.25, 0.3) is 22.3 Å². The number of hydrogen-bond donors (Lipinski definition) is 4. The molecule has 3 fully saturated rings. The van der Waals surface area contributed by atoms with Gasteiger partial charge in [0.15, 0.2) is 5.82 Å². The number of benzene rings is 2. The first kappa shape index (κ1) is 49.1. The highest BCUT2D eigenvalue weighted by atomic mass is 35.5. The molecule has 3 aliphatic rings. The number of ether oxygens (including phenoxy) is 2. The summed E-state index contributed by atoms with van der Waals surface area (Å²) >= 11 is 6.55. The Bertz CT molecular complexity index is 2500. The fraction of sp³-hybridized carbons (Fsp3) is 0.542. The number of imidazole rings is 1. The molecule has 0 unspecified atom stereocenters. The first-order valence-corrected chi connectivity index (χ1v) is 24.0. The molecule has 0 saturated carbocycles. The number of amides is 1. The highest BCUT2D eigenvalue weighted by Gasteiger charge is 2.32. The van der Waals surface area contributed by atoms with Crippen LogP contribution in [0.15, 0.2) is 55.0 Å². The zero-order valence-corrected chi connectivity index (χ0v) is 40.0. The average molecular weight is 962 g/mol. The van der Waals surface area contributed by atoms with Crippen LogP contribution < -0.4 is 20.4 Å². The fourth-order valence-corrected chi connectivity index (χ4v) is 9.42. The lowest BCUT2D eigenvalue weighted by Crippen LogP contribution is -2.52. The van der Waals surface area contributed by atoms with Crippen molar-refractivity contribution in [3.63, 3.8) is 0 Å². The summed E-state index contributed by atoms with van der Waals surface area (Å²) in [6.07, 6.45) is 4.82. The Morgan fingerprint density at radius 2 is 1.71 bits per heavy atom. The van der Waals surface area contributed by atoms with E-state index in [4.69, 9.17) is 21.1 Å². The van der Waals surface area contributed by atoms with E-state index in [9.17, 15) is 19.4 Å². The molecule has 0 radical (unpaired) electrons. The van der Waals surface area contributed by atoms with Gasteiger partial charge in [-0.3, -0.25) is 9.69 Å². The van der Waals surface area contributed by atoms with Gasteiger partial charge in [0.05, 0.1) is 67.4 Å². The van der Waals surface area contributed by atoms with Gasteiger partial charge in [0, 0.05) is 88.3 Å². The Hall–Kier alpha value is -5.31. The summed E-state index contributed by atoms with van der Waals surface area (Å²) in [5, 5.41) is 28.8. The van der Waals surface area contributed by atoms with Crippen LogP contribution in [-0.4, -0.2) is 159 Å². The fourth-order valence-electron chi connectivity index (χ4n) is 9.22. The van der Waals surface area contributed by atoms with Crippen molar-refractivity contribution in [2.45, 2.75) is 83.2 Å². The van der Waals surface area contributed by atoms with E-state index in [0.29, 0.717) is 55.4 Å². The minimum atomic E-state index is -1.30. The van der Waals surface area contributed by atoms with E-state index in [1.165, 1.54) is 18.3 Å². The highest BCUT2D eigenvalue weighted by Crippen LogP contribution is 2.35. The third-order valence-electron chi connectivity index (χ3n) is 12.8. The number of aromatic nitrogens is 6. The lowest BCUT2D eigenvalue weighted by Gasteiger charge is -2.36. The van der Waals surface area contributed by atoms with Crippen molar-refractivity contribution in [3.8, 4) is 11.3 Å². The van der Waals surface area contributed by atoms with Crippen LogP contribution in [0.2, 0.25) is 5.02 Å². The van der Waals surface area contributed by atoms with Gasteiger partial charge in [0.25, 0.3) is 0 Å². The van der Waals surface area contributed by atoms with Crippen LogP contribution in [0.3, 0.4) is 0 Å². The Morgan fingerprint density at radius 1 is 0.912 bits per heavy atom. The quantitative estimate of drug-likeness (QED) is 0.0782. The molecule has 3 saturated heterocycles. The van der Waals surface area contributed by atoms with Crippen molar-refractivity contribution in [3.05, 3.63) is 77.5 Å². The van der Waals surface area contributed by atoms with Crippen molar-refractivity contribution in [2.24, 2.45) is 0 Å². The number of nitrogens with zero attached hydrogens (tertiary/aromatic N) is 10.